The standard InChI is InChI=1S/C15H20ClNO/c1-17-14-6-7-15(17)12(8-10(14)9-18)11-4-2-3-5-13(11)16/h2-5,10,12,14-15,18H,6-9H2,1H3/t10-,12?,14-,15+/m1/s1. The molecular weight excluding hydrogens is 246 g/mol. The quantitative estimate of drug-likeness (QED) is 0.889. The summed E-state index contributed by atoms with van der Waals surface area (Å²) in [5.74, 6) is 0.870. The Labute approximate surface area is 114 Å². The smallest absolute Gasteiger partial charge is 0.0474 e. The first-order valence-electron chi connectivity index (χ1n) is 6.79. The van der Waals surface area contributed by atoms with Crippen LogP contribution in [0, 0.1) is 5.92 Å². The van der Waals surface area contributed by atoms with Crippen LogP contribution in [-0.2, 0) is 0 Å². The van der Waals surface area contributed by atoms with E-state index >= 15 is 0 Å². The number of likely N-dealkylation sites (N-methyl/N-ethyl adjacent to an activating group) is 1. The van der Waals surface area contributed by atoms with Gasteiger partial charge in [0.05, 0.1) is 0 Å². The van der Waals surface area contributed by atoms with Crippen LogP contribution in [0.4, 0.5) is 0 Å². The van der Waals surface area contributed by atoms with Gasteiger partial charge in [0.2, 0.25) is 0 Å². The molecule has 98 valence electrons. The predicted molar refractivity (Wildman–Crippen MR) is 74.0 cm³/mol. The molecule has 0 spiro atoms. The van der Waals surface area contributed by atoms with Gasteiger partial charge in [0.15, 0.2) is 0 Å². The third-order valence-corrected chi connectivity index (χ3v) is 5.25. The molecule has 2 aliphatic heterocycles. The fraction of sp³-hybridized carbons (Fsp3) is 0.600. The van der Waals surface area contributed by atoms with Crippen LogP contribution in [0.15, 0.2) is 24.3 Å². The molecule has 18 heavy (non-hydrogen) atoms. The van der Waals surface area contributed by atoms with Crippen molar-refractivity contribution < 1.29 is 5.11 Å². The number of fused-ring (bicyclic) bond motifs is 2. The lowest BCUT2D eigenvalue weighted by atomic mass is 9.79. The normalized spacial score (nSPS) is 35.9. The zero-order valence-corrected chi connectivity index (χ0v) is 11.5. The molecule has 0 amide bonds. The van der Waals surface area contributed by atoms with Crippen molar-refractivity contribution in [3.05, 3.63) is 34.9 Å². The lowest BCUT2D eigenvalue weighted by Crippen LogP contribution is -2.47. The molecule has 4 atom stereocenters. The lowest BCUT2D eigenvalue weighted by molar-refractivity contribution is 0.0629. The molecule has 2 saturated heterocycles. The highest BCUT2D eigenvalue weighted by atomic mass is 35.5. The zero-order valence-electron chi connectivity index (χ0n) is 10.7. The third kappa shape index (κ3) is 1.87. The maximum absolute atomic E-state index is 9.60. The largest absolute Gasteiger partial charge is 0.396 e. The van der Waals surface area contributed by atoms with E-state index in [2.05, 4.69) is 24.1 Å². The van der Waals surface area contributed by atoms with Gasteiger partial charge in [-0.05, 0) is 43.9 Å². The molecule has 1 unspecified atom stereocenters. The second-order valence-corrected chi connectivity index (χ2v) is 6.09. The summed E-state index contributed by atoms with van der Waals surface area (Å²) in [5.41, 5.74) is 1.26. The highest BCUT2D eigenvalue weighted by Crippen LogP contribution is 2.47. The van der Waals surface area contributed by atoms with E-state index in [9.17, 15) is 5.11 Å². The maximum atomic E-state index is 9.60. The fourth-order valence-electron chi connectivity index (χ4n) is 3.99. The van der Waals surface area contributed by atoms with Gasteiger partial charge in [-0.25, -0.2) is 0 Å². The van der Waals surface area contributed by atoms with Crippen molar-refractivity contribution in [2.75, 3.05) is 13.7 Å². The van der Waals surface area contributed by atoms with Crippen LogP contribution in [0.1, 0.15) is 30.7 Å². The predicted octanol–water partition coefficient (Wildman–Crippen LogP) is 2.90. The minimum absolute atomic E-state index is 0.294. The van der Waals surface area contributed by atoms with E-state index in [4.69, 9.17) is 11.6 Å². The molecule has 3 heteroatoms. The van der Waals surface area contributed by atoms with Crippen LogP contribution >= 0.6 is 11.6 Å². The average Bonchev–Trinajstić information content (AvgIpc) is 2.64. The van der Waals surface area contributed by atoms with Crippen molar-refractivity contribution in [1.29, 1.82) is 0 Å². The molecule has 0 radical (unpaired) electrons. The van der Waals surface area contributed by atoms with E-state index in [1.165, 1.54) is 18.4 Å². The van der Waals surface area contributed by atoms with Gasteiger partial charge in [-0.3, -0.25) is 4.90 Å². The van der Waals surface area contributed by atoms with Gasteiger partial charge in [0, 0.05) is 29.6 Å². The van der Waals surface area contributed by atoms with Gasteiger partial charge in [0.25, 0.3) is 0 Å². The highest BCUT2D eigenvalue weighted by Gasteiger charge is 2.45. The molecule has 2 aliphatic rings. The fourth-order valence-corrected chi connectivity index (χ4v) is 4.27. The number of piperidine rings is 1. The van der Waals surface area contributed by atoms with Crippen molar-refractivity contribution in [3.63, 3.8) is 0 Å². The topological polar surface area (TPSA) is 23.5 Å². The Morgan fingerprint density at radius 3 is 2.72 bits per heavy atom. The first-order valence-corrected chi connectivity index (χ1v) is 7.17. The van der Waals surface area contributed by atoms with E-state index in [1.54, 1.807) is 0 Å². The van der Waals surface area contributed by atoms with Crippen molar-refractivity contribution in [2.24, 2.45) is 5.92 Å². The van der Waals surface area contributed by atoms with Gasteiger partial charge in [-0.2, -0.15) is 0 Å². The van der Waals surface area contributed by atoms with Gasteiger partial charge < -0.3 is 5.11 Å². The van der Waals surface area contributed by atoms with Crippen LogP contribution in [0.2, 0.25) is 5.02 Å². The molecule has 2 bridgehead atoms. The van der Waals surface area contributed by atoms with E-state index < -0.39 is 0 Å². The number of benzene rings is 1. The molecule has 0 saturated carbocycles. The van der Waals surface area contributed by atoms with Crippen LogP contribution in [0.25, 0.3) is 0 Å². The number of nitrogens with zero attached hydrogens (tertiary/aromatic N) is 1. The molecular formula is C15H20ClNO. The first kappa shape index (κ1) is 12.5. The Balaban J connectivity index is 1.95. The lowest BCUT2D eigenvalue weighted by Gasteiger charge is -2.42. The summed E-state index contributed by atoms with van der Waals surface area (Å²) < 4.78 is 0. The summed E-state index contributed by atoms with van der Waals surface area (Å²) in [5, 5.41) is 10.5. The molecule has 0 aliphatic carbocycles. The SMILES string of the molecule is CN1[C@@H]2CC[C@H]1C(c1ccccc1Cl)C[C@@H]2CO. The summed E-state index contributed by atoms with van der Waals surface area (Å²) in [4.78, 5) is 2.47. The Morgan fingerprint density at radius 2 is 2.00 bits per heavy atom. The van der Waals surface area contributed by atoms with E-state index in [1.807, 2.05) is 12.1 Å². The van der Waals surface area contributed by atoms with E-state index in [0.717, 1.165) is 11.4 Å². The number of hydrogen-bond donors (Lipinski definition) is 1. The van der Waals surface area contributed by atoms with Crippen LogP contribution in [-0.4, -0.2) is 35.7 Å². The number of aliphatic hydroxyl groups is 1. The molecule has 0 aromatic heterocycles. The van der Waals surface area contributed by atoms with Gasteiger partial charge in [0.1, 0.15) is 0 Å². The second kappa shape index (κ2) is 4.84. The van der Waals surface area contributed by atoms with Gasteiger partial charge in [-0.15, -0.1) is 0 Å². The summed E-state index contributed by atoms with van der Waals surface area (Å²) in [6, 6.07) is 9.34. The maximum Gasteiger partial charge on any atom is 0.0474 e. The van der Waals surface area contributed by atoms with Crippen molar-refractivity contribution in [2.45, 2.75) is 37.3 Å². The third-order valence-electron chi connectivity index (χ3n) is 4.91. The number of halogens is 1. The number of rotatable bonds is 2. The first-order chi connectivity index (χ1) is 8.72. The van der Waals surface area contributed by atoms with Gasteiger partial charge >= 0.3 is 0 Å². The average molecular weight is 266 g/mol. The minimum Gasteiger partial charge on any atom is -0.396 e. The molecule has 1 aromatic carbocycles. The van der Waals surface area contributed by atoms with Crippen LogP contribution in [0.5, 0.6) is 0 Å². The Hall–Kier alpha value is -0.570. The number of hydrogen-bond acceptors (Lipinski definition) is 2. The number of aliphatic hydroxyl groups excluding tert-OH is 1. The minimum atomic E-state index is 0.294. The monoisotopic (exact) mass is 265 g/mol. The Kier molecular flexibility index (Phi) is 3.35. The summed E-state index contributed by atoms with van der Waals surface area (Å²) in [6.45, 7) is 0.294. The molecule has 3 rings (SSSR count). The van der Waals surface area contributed by atoms with Crippen molar-refractivity contribution >= 4 is 11.6 Å². The molecule has 2 fully saturated rings. The summed E-state index contributed by atoms with van der Waals surface area (Å²) >= 11 is 6.35. The Morgan fingerprint density at radius 1 is 1.28 bits per heavy atom. The molecule has 2 heterocycles. The second-order valence-electron chi connectivity index (χ2n) is 5.68. The summed E-state index contributed by atoms with van der Waals surface area (Å²) in [6.07, 6.45) is 3.51. The van der Waals surface area contributed by atoms with Crippen LogP contribution < -0.4 is 0 Å². The Bertz CT molecular complexity index is 436. The van der Waals surface area contributed by atoms with Gasteiger partial charge in [-0.1, -0.05) is 29.8 Å². The van der Waals surface area contributed by atoms with E-state index in [0.29, 0.717) is 30.5 Å². The zero-order chi connectivity index (χ0) is 12.7. The van der Waals surface area contributed by atoms with E-state index in [-0.39, 0.29) is 0 Å². The highest BCUT2D eigenvalue weighted by molar-refractivity contribution is 6.31. The van der Waals surface area contributed by atoms with Crippen molar-refractivity contribution in [1.82, 2.24) is 4.90 Å². The molecule has 2 nitrogen and oxygen atoms in total. The molecule has 1 N–H and O–H groups in total. The van der Waals surface area contributed by atoms with Crippen LogP contribution in [0.3, 0.4) is 0 Å². The molecule has 1 aromatic rings. The van der Waals surface area contributed by atoms with Crippen molar-refractivity contribution in [3.8, 4) is 0 Å². The summed E-state index contributed by atoms with van der Waals surface area (Å²) in [7, 11) is 2.20.